The van der Waals surface area contributed by atoms with Crippen LogP contribution in [-0.4, -0.2) is 23.9 Å². The monoisotopic (exact) mass is 247 g/mol. The predicted molar refractivity (Wildman–Crippen MR) is 71.8 cm³/mol. The van der Waals surface area contributed by atoms with E-state index in [4.69, 9.17) is 5.84 Å². The summed E-state index contributed by atoms with van der Waals surface area (Å²) < 4.78 is 0. The Morgan fingerprint density at radius 1 is 1.39 bits per heavy atom. The van der Waals surface area contributed by atoms with Crippen LogP contribution in [0.5, 0.6) is 0 Å². The van der Waals surface area contributed by atoms with Crippen molar-refractivity contribution in [3.8, 4) is 0 Å². The van der Waals surface area contributed by atoms with Crippen molar-refractivity contribution in [2.75, 3.05) is 13.1 Å². The molecule has 1 aromatic rings. The zero-order valence-corrected chi connectivity index (χ0v) is 11.1. The molecule has 18 heavy (non-hydrogen) atoms. The first-order chi connectivity index (χ1) is 8.50. The topological polar surface area (TPSA) is 58.4 Å². The van der Waals surface area contributed by atoms with Crippen LogP contribution >= 0.6 is 0 Å². The van der Waals surface area contributed by atoms with Crippen molar-refractivity contribution >= 4 is 5.91 Å². The molecule has 2 rings (SSSR count). The summed E-state index contributed by atoms with van der Waals surface area (Å²) in [5.41, 5.74) is 4.40. The first-order valence-corrected chi connectivity index (χ1v) is 6.32. The van der Waals surface area contributed by atoms with Gasteiger partial charge in [0.25, 0.3) is 5.91 Å². The van der Waals surface area contributed by atoms with Crippen molar-refractivity contribution in [1.82, 2.24) is 10.3 Å². The van der Waals surface area contributed by atoms with E-state index in [-0.39, 0.29) is 5.91 Å². The molecule has 4 heteroatoms. The molecule has 0 atom stereocenters. The number of nitrogens with one attached hydrogen (secondary N) is 1. The maximum atomic E-state index is 11.3. The number of rotatable bonds is 3. The fourth-order valence-corrected chi connectivity index (χ4v) is 2.46. The van der Waals surface area contributed by atoms with Crippen molar-refractivity contribution < 1.29 is 4.79 Å². The second kappa shape index (κ2) is 5.08. The predicted octanol–water partition coefficient (Wildman–Crippen LogP) is 1.52. The van der Waals surface area contributed by atoms with Gasteiger partial charge >= 0.3 is 0 Å². The fraction of sp³-hybridized carbons (Fsp3) is 0.500. The zero-order valence-electron chi connectivity index (χ0n) is 11.1. The van der Waals surface area contributed by atoms with Crippen LogP contribution in [-0.2, 0) is 6.54 Å². The zero-order chi connectivity index (χ0) is 13.2. The summed E-state index contributed by atoms with van der Waals surface area (Å²) in [5.74, 6) is 4.85. The molecule has 0 aliphatic carbocycles. The molecule has 3 N–H and O–H groups in total. The third-order valence-corrected chi connectivity index (χ3v) is 3.51. The highest BCUT2D eigenvalue weighted by Gasteiger charge is 2.28. The SMILES string of the molecule is CC1(C)CCN(Cc2ccc(C(=O)NN)cc2)C1. The van der Waals surface area contributed by atoms with Gasteiger partial charge in [-0.25, -0.2) is 5.84 Å². The van der Waals surface area contributed by atoms with E-state index in [0.29, 0.717) is 11.0 Å². The van der Waals surface area contributed by atoms with Gasteiger partial charge in [-0.05, 0) is 36.1 Å². The molecule has 0 saturated carbocycles. The van der Waals surface area contributed by atoms with Gasteiger partial charge in [-0.15, -0.1) is 0 Å². The highest BCUT2D eigenvalue weighted by atomic mass is 16.2. The number of likely N-dealkylation sites (tertiary alicyclic amines) is 1. The Labute approximate surface area is 108 Å². The smallest absolute Gasteiger partial charge is 0.265 e. The van der Waals surface area contributed by atoms with Gasteiger partial charge in [0.05, 0.1) is 0 Å². The molecule has 1 saturated heterocycles. The number of amides is 1. The van der Waals surface area contributed by atoms with Gasteiger partial charge in [-0.2, -0.15) is 0 Å². The minimum Gasteiger partial charge on any atom is -0.299 e. The quantitative estimate of drug-likeness (QED) is 0.484. The maximum Gasteiger partial charge on any atom is 0.265 e. The van der Waals surface area contributed by atoms with Crippen LogP contribution in [0.25, 0.3) is 0 Å². The van der Waals surface area contributed by atoms with E-state index in [1.807, 2.05) is 24.3 Å². The molecule has 1 heterocycles. The van der Waals surface area contributed by atoms with E-state index in [9.17, 15) is 4.79 Å². The normalized spacial score (nSPS) is 18.8. The van der Waals surface area contributed by atoms with Crippen molar-refractivity contribution in [3.05, 3.63) is 35.4 Å². The van der Waals surface area contributed by atoms with E-state index in [1.165, 1.54) is 12.0 Å². The van der Waals surface area contributed by atoms with Gasteiger partial charge in [0.15, 0.2) is 0 Å². The van der Waals surface area contributed by atoms with Gasteiger partial charge in [0.2, 0.25) is 0 Å². The van der Waals surface area contributed by atoms with Crippen LogP contribution in [0.1, 0.15) is 36.2 Å². The molecule has 1 aliphatic heterocycles. The second-order valence-corrected chi connectivity index (χ2v) is 5.80. The molecule has 0 spiro atoms. The molecule has 0 aromatic heterocycles. The van der Waals surface area contributed by atoms with Crippen LogP contribution in [0.15, 0.2) is 24.3 Å². The molecule has 0 unspecified atom stereocenters. The van der Waals surface area contributed by atoms with Gasteiger partial charge < -0.3 is 0 Å². The minimum absolute atomic E-state index is 0.246. The molecule has 1 aliphatic rings. The second-order valence-electron chi connectivity index (χ2n) is 5.80. The molecular weight excluding hydrogens is 226 g/mol. The highest BCUT2D eigenvalue weighted by molar-refractivity contribution is 5.93. The number of carbonyl (C=O) groups excluding carboxylic acids is 1. The Balaban J connectivity index is 1.97. The summed E-state index contributed by atoms with van der Waals surface area (Å²) in [6, 6.07) is 7.63. The molecule has 1 aromatic carbocycles. The first-order valence-electron chi connectivity index (χ1n) is 6.32. The first kappa shape index (κ1) is 13.1. The largest absolute Gasteiger partial charge is 0.299 e. The third kappa shape index (κ3) is 3.09. The van der Waals surface area contributed by atoms with Crippen LogP contribution in [0.2, 0.25) is 0 Å². The number of nitrogen functional groups attached to an aromatic ring is 1. The van der Waals surface area contributed by atoms with Crippen molar-refractivity contribution in [3.63, 3.8) is 0 Å². The van der Waals surface area contributed by atoms with Crippen molar-refractivity contribution in [2.45, 2.75) is 26.8 Å². The molecule has 0 bridgehead atoms. The Kier molecular flexibility index (Phi) is 3.68. The van der Waals surface area contributed by atoms with Gasteiger partial charge in [-0.3, -0.25) is 15.1 Å². The third-order valence-electron chi connectivity index (χ3n) is 3.51. The number of hydrazine groups is 1. The van der Waals surface area contributed by atoms with Crippen molar-refractivity contribution in [2.24, 2.45) is 11.3 Å². The van der Waals surface area contributed by atoms with Gasteiger partial charge in [0.1, 0.15) is 0 Å². The summed E-state index contributed by atoms with van der Waals surface area (Å²) in [4.78, 5) is 13.8. The number of hydrogen-bond acceptors (Lipinski definition) is 3. The van der Waals surface area contributed by atoms with E-state index in [0.717, 1.165) is 19.6 Å². The Morgan fingerprint density at radius 2 is 2.06 bits per heavy atom. The van der Waals surface area contributed by atoms with Crippen LogP contribution in [0.3, 0.4) is 0 Å². The minimum atomic E-state index is -0.246. The Bertz CT molecular complexity index is 425. The molecule has 0 radical (unpaired) electrons. The van der Waals surface area contributed by atoms with Crippen molar-refractivity contribution in [1.29, 1.82) is 0 Å². The van der Waals surface area contributed by atoms with E-state index in [2.05, 4.69) is 24.2 Å². The number of benzene rings is 1. The fourth-order valence-electron chi connectivity index (χ4n) is 2.46. The van der Waals surface area contributed by atoms with E-state index >= 15 is 0 Å². The van der Waals surface area contributed by atoms with Crippen LogP contribution < -0.4 is 11.3 Å². The molecule has 1 fully saturated rings. The lowest BCUT2D eigenvalue weighted by atomic mass is 9.93. The summed E-state index contributed by atoms with van der Waals surface area (Å²) in [5, 5.41) is 0. The summed E-state index contributed by atoms with van der Waals surface area (Å²) in [7, 11) is 0. The molecule has 4 nitrogen and oxygen atoms in total. The number of carbonyl (C=O) groups is 1. The standard InChI is InChI=1S/C14H21N3O/c1-14(2)7-8-17(10-14)9-11-3-5-12(6-4-11)13(18)16-15/h3-6H,7-10,15H2,1-2H3,(H,16,18). The van der Waals surface area contributed by atoms with E-state index < -0.39 is 0 Å². The lowest BCUT2D eigenvalue weighted by Gasteiger charge is -2.19. The molecule has 98 valence electrons. The average Bonchev–Trinajstić information content (AvgIpc) is 2.68. The average molecular weight is 247 g/mol. The van der Waals surface area contributed by atoms with Crippen LogP contribution in [0, 0.1) is 5.41 Å². The lowest BCUT2D eigenvalue weighted by Crippen LogP contribution is -2.30. The molecule has 1 amide bonds. The number of nitrogens with zero attached hydrogens (tertiary/aromatic N) is 1. The van der Waals surface area contributed by atoms with Crippen LogP contribution in [0.4, 0.5) is 0 Å². The lowest BCUT2D eigenvalue weighted by molar-refractivity contribution is 0.0953. The van der Waals surface area contributed by atoms with Gasteiger partial charge in [-0.1, -0.05) is 26.0 Å². The number of nitrogens with two attached hydrogens (primary N) is 1. The highest BCUT2D eigenvalue weighted by Crippen LogP contribution is 2.29. The Morgan fingerprint density at radius 3 is 2.56 bits per heavy atom. The Hall–Kier alpha value is -1.39. The summed E-state index contributed by atoms with van der Waals surface area (Å²) in [6.45, 7) is 7.85. The van der Waals surface area contributed by atoms with E-state index in [1.54, 1.807) is 0 Å². The summed E-state index contributed by atoms with van der Waals surface area (Å²) in [6.07, 6.45) is 1.25. The number of hydrogen-bond donors (Lipinski definition) is 2. The van der Waals surface area contributed by atoms with Gasteiger partial charge in [0, 0.05) is 18.7 Å². The molecular formula is C14H21N3O. The summed E-state index contributed by atoms with van der Waals surface area (Å²) >= 11 is 0. The maximum absolute atomic E-state index is 11.3.